The Kier molecular flexibility index (Phi) is 3.07. The van der Waals surface area contributed by atoms with Gasteiger partial charge in [0.1, 0.15) is 4.90 Å². The Labute approximate surface area is 118 Å². The molecule has 0 atom stereocenters. The van der Waals surface area contributed by atoms with Gasteiger partial charge in [0.15, 0.2) is 0 Å². The van der Waals surface area contributed by atoms with Gasteiger partial charge in [-0.15, -0.1) is 0 Å². The molecule has 2 aromatic rings. The Morgan fingerprint density at radius 3 is 2.90 bits per heavy atom. The standard InChI is InChI=1S/C13H17N3O3S/c1-13(2)10-15(7-8-19-13)20(17,18)12-9-14-16-6-4-3-5-11(12)16/h3-6,9H,7-8,10H2,1-2H3. The first kappa shape index (κ1) is 13.5. The minimum Gasteiger partial charge on any atom is -0.373 e. The van der Waals surface area contributed by atoms with Crippen molar-refractivity contribution in [3.05, 3.63) is 30.6 Å². The zero-order valence-electron chi connectivity index (χ0n) is 11.5. The largest absolute Gasteiger partial charge is 0.373 e. The number of aromatic nitrogens is 2. The van der Waals surface area contributed by atoms with Crippen molar-refractivity contribution in [3.8, 4) is 0 Å². The maximum atomic E-state index is 12.8. The van der Waals surface area contributed by atoms with Crippen LogP contribution in [0.2, 0.25) is 0 Å². The van der Waals surface area contributed by atoms with Crippen LogP contribution in [0.3, 0.4) is 0 Å². The molecular weight excluding hydrogens is 278 g/mol. The first-order chi connectivity index (χ1) is 9.40. The summed E-state index contributed by atoms with van der Waals surface area (Å²) >= 11 is 0. The second-order valence-electron chi connectivity index (χ2n) is 5.49. The molecule has 1 aliphatic rings. The first-order valence-corrected chi connectivity index (χ1v) is 7.91. The smallest absolute Gasteiger partial charge is 0.247 e. The van der Waals surface area contributed by atoms with E-state index in [4.69, 9.17) is 4.74 Å². The molecule has 0 bridgehead atoms. The van der Waals surface area contributed by atoms with Gasteiger partial charge in [0.05, 0.1) is 23.9 Å². The van der Waals surface area contributed by atoms with Crippen LogP contribution < -0.4 is 0 Å². The zero-order valence-corrected chi connectivity index (χ0v) is 12.3. The highest BCUT2D eigenvalue weighted by Crippen LogP contribution is 2.25. The number of nitrogens with zero attached hydrogens (tertiary/aromatic N) is 3. The predicted octanol–water partition coefficient (Wildman–Crippen LogP) is 1.13. The van der Waals surface area contributed by atoms with Gasteiger partial charge in [0, 0.05) is 19.3 Å². The predicted molar refractivity (Wildman–Crippen MR) is 74.0 cm³/mol. The van der Waals surface area contributed by atoms with Crippen LogP contribution in [0.5, 0.6) is 0 Å². The maximum Gasteiger partial charge on any atom is 0.247 e. The van der Waals surface area contributed by atoms with Crippen molar-refractivity contribution in [2.24, 2.45) is 0 Å². The molecule has 1 saturated heterocycles. The number of rotatable bonds is 2. The molecule has 0 spiro atoms. The van der Waals surface area contributed by atoms with Gasteiger partial charge in [-0.3, -0.25) is 0 Å². The van der Waals surface area contributed by atoms with Crippen LogP contribution in [0, 0.1) is 0 Å². The normalized spacial score (nSPS) is 20.3. The van der Waals surface area contributed by atoms with Crippen LogP contribution in [0.1, 0.15) is 13.8 Å². The van der Waals surface area contributed by atoms with Crippen molar-refractivity contribution in [2.45, 2.75) is 24.3 Å². The highest BCUT2D eigenvalue weighted by atomic mass is 32.2. The molecular formula is C13H17N3O3S. The number of sulfonamides is 1. The van der Waals surface area contributed by atoms with E-state index < -0.39 is 15.6 Å². The van der Waals surface area contributed by atoms with Crippen LogP contribution in [-0.4, -0.2) is 47.6 Å². The van der Waals surface area contributed by atoms with E-state index >= 15 is 0 Å². The summed E-state index contributed by atoms with van der Waals surface area (Å²) in [7, 11) is -3.55. The minimum absolute atomic E-state index is 0.246. The lowest BCUT2D eigenvalue weighted by molar-refractivity contribution is -0.0640. The summed E-state index contributed by atoms with van der Waals surface area (Å²) in [5, 5.41) is 4.10. The van der Waals surface area contributed by atoms with Gasteiger partial charge in [0.25, 0.3) is 0 Å². The Balaban J connectivity index is 2.04. The minimum atomic E-state index is -3.55. The molecule has 0 saturated carbocycles. The van der Waals surface area contributed by atoms with Gasteiger partial charge in [-0.2, -0.15) is 9.40 Å². The molecule has 3 heterocycles. The number of morpholine rings is 1. The van der Waals surface area contributed by atoms with E-state index in [1.165, 1.54) is 10.5 Å². The van der Waals surface area contributed by atoms with Gasteiger partial charge in [-0.1, -0.05) is 6.07 Å². The highest BCUT2D eigenvalue weighted by Gasteiger charge is 2.36. The van der Waals surface area contributed by atoms with Gasteiger partial charge in [-0.05, 0) is 26.0 Å². The summed E-state index contributed by atoms with van der Waals surface area (Å²) in [6.45, 7) is 4.91. The fourth-order valence-corrected chi connectivity index (χ4v) is 4.11. The van der Waals surface area contributed by atoms with E-state index in [1.54, 1.807) is 22.8 Å². The second-order valence-corrected chi connectivity index (χ2v) is 7.39. The van der Waals surface area contributed by atoms with E-state index in [2.05, 4.69) is 5.10 Å². The third-order valence-electron chi connectivity index (χ3n) is 3.40. The van der Waals surface area contributed by atoms with Crippen molar-refractivity contribution in [1.29, 1.82) is 0 Å². The molecule has 0 N–H and O–H groups in total. The molecule has 1 aliphatic heterocycles. The highest BCUT2D eigenvalue weighted by molar-refractivity contribution is 7.89. The van der Waals surface area contributed by atoms with Gasteiger partial charge < -0.3 is 4.74 Å². The van der Waals surface area contributed by atoms with Crippen molar-refractivity contribution in [1.82, 2.24) is 13.9 Å². The monoisotopic (exact) mass is 295 g/mol. The molecule has 3 rings (SSSR count). The molecule has 7 heteroatoms. The van der Waals surface area contributed by atoms with Crippen LogP contribution >= 0.6 is 0 Å². The molecule has 0 radical (unpaired) electrons. The van der Waals surface area contributed by atoms with E-state index in [0.717, 1.165) is 0 Å². The van der Waals surface area contributed by atoms with Crippen molar-refractivity contribution in [2.75, 3.05) is 19.7 Å². The molecule has 0 aliphatic carbocycles. The SMILES string of the molecule is CC1(C)CN(S(=O)(=O)c2cnn3ccccc23)CCO1. The fraction of sp³-hybridized carbons (Fsp3) is 0.462. The fourth-order valence-electron chi connectivity index (χ4n) is 2.43. The van der Waals surface area contributed by atoms with Gasteiger partial charge >= 0.3 is 0 Å². The van der Waals surface area contributed by atoms with Crippen LogP contribution in [0.25, 0.3) is 5.52 Å². The number of hydrogen-bond donors (Lipinski definition) is 0. The van der Waals surface area contributed by atoms with E-state index in [9.17, 15) is 8.42 Å². The summed E-state index contributed by atoms with van der Waals surface area (Å²) < 4.78 is 34.1. The quantitative estimate of drug-likeness (QED) is 0.833. The lowest BCUT2D eigenvalue weighted by Crippen LogP contribution is -2.50. The number of hydrogen-bond acceptors (Lipinski definition) is 4. The third kappa shape index (κ3) is 2.21. The number of fused-ring (bicyclic) bond motifs is 1. The molecule has 0 aromatic carbocycles. The number of ether oxygens (including phenoxy) is 1. The molecule has 1 fully saturated rings. The van der Waals surface area contributed by atoms with Crippen LogP contribution in [0.15, 0.2) is 35.5 Å². The zero-order chi connectivity index (χ0) is 14.4. The van der Waals surface area contributed by atoms with Gasteiger partial charge in [-0.25, -0.2) is 12.9 Å². The Bertz CT molecular complexity index is 736. The Hall–Kier alpha value is -1.44. The summed E-state index contributed by atoms with van der Waals surface area (Å²) in [5.74, 6) is 0. The molecule has 0 amide bonds. The average molecular weight is 295 g/mol. The Morgan fingerprint density at radius 1 is 1.35 bits per heavy atom. The van der Waals surface area contributed by atoms with Crippen molar-refractivity contribution < 1.29 is 13.2 Å². The van der Waals surface area contributed by atoms with Crippen molar-refractivity contribution >= 4 is 15.5 Å². The Morgan fingerprint density at radius 2 is 2.15 bits per heavy atom. The van der Waals surface area contributed by atoms with E-state index in [-0.39, 0.29) is 4.90 Å². The summed E-state index contributed by atoms with van der Waals surface area (Å²) in [6, 6.07) is 5.37. The summed E-state index contributed by atoms with van der Waals surface area (Å²) in [5.41, 5.74) is 0.130. The van der Waals surface area contributed by atoms with Crippen LogP contribution in [-0.2, 0) is 14.8 Å². The average Bonchev–Trinajstić information content (AvgIpc) is 2.82. The first-order valence-electron chi connectivity index (χ1n) is 6.47. The molecule has 0 unspecified atom stereocenters. The summed E-state index contributed by atoms with van der Waals surface area (Å²) in [6.07, 6.45) is 3.14. The van der Waals surface area contributed by atoms with E-state index in [1.807, 2.05) is 19.9 Å². The molecule has 2 aromatic heterocycles. The topological polar surface area (TPSA) is 63.9 Å². The lowest BCUT2D eigenvalue weighted by atomic mass is 10.1. The molecule has 6 nitrogen and oxygen atoms in total. The lowest BCUT2D eigenvalue weighted by Gasteiger charge is -2.37. The van der Waals surface area contributed by atoms with Gasteiger partial charge in [0.2, 0.25) is 10.0 Å². The molecule has 108 valence electrons. The second kappa shape index (κ2) is 4.54. The summed E-state index contributed by atoms with van der Waals surface area (Å²) in [4.78, 5) is 0.246. The third-order valence-corrected chi connectivity index (χ3v) is 5.26. The van der Waals surface area contributed by atoms with Crippen molar-refractivity contribution in [3.63, 3.8) is 0 Å². The van der Waals surface area contributed by atoms with E-state index in [0.29, 0.717) is 25.2 Å². The molecule has 20 heavy (non-hydrogen) atoms. The van der Waals surface area contributed by atoms with Crippen LogP contribution in [0.4, 0.5) is 0 Å². The number of pyridine rings is 1. The maximum absolute atomic E-state index is 12.8.